The van der Waals surface area contributed by atoms with Crippen molar-refractivity contribution in [1.82, 2.24) is 4.90 Å². The van der Waals surface area contributed by atoms with Crippen LogP contribution in [0.1, 0.15) is 37.3 Å². The average molecular weight is 267 g/mol. The molecule has 1 saturated heterocycles. The van der Waals surface area contributed by atoms with Crippen LogP contribution in [0.25, 0.3) is 5.57 Å². The molecule has 2 nitrogen and oxygen atoms in total. The highest BCUT2D eigenvalue weighted by atomic mass is 16.1. The van der Waals surface area contributed by atoms with E-state index in [1.54, 1.807) is 11.6 Å². The number of ketones is 1. The third-order valence-electron chi connectivity index (χ3n) is 4.51. The zero-order valence-electron chi connectivity index (χ0n) is 12.2. The Morgan fingerprint density at radius 2 is 2.20 bits per heavy atom. The third-order valence-corrected chi connectivity index (χ3v) is 4.51. The van der Waals surface area contributed by atoms with E-state index in [9.17, 15) is 4.79 Å². The molecule has 1 aromatic carbocycles. The van der Waals surface area contributed by atoms with Crippen molar-refractivity contribution >= 4 is 11.4 Å². The van der Waals surface area contributed by atoms with Crippen LogP contribution < -0.4 is 0 Å². The number of allylic oxidation sites excluding steroid dienone is 2. The largest absolute Gasteiger partial charge is 0.295 e. The Kier molecular flexibility index (Phi) is 3.58. The van der Waals surface area contributed by atoms with Gasteiger partial charge in [0.2, 0.25) is 0 Å². The first kappa shape index (κ1) is 13.3. The van der Waals surface area contributed by atoms with Crippen LogP contribution in [0.15, 0.2) is 42.0 Å². The number of likely N-dealkylation sites (tertiary alicyclic amines) is 1. The summed E-state index contributed by atoms with van der Waals surface area (Å²) < 4.78 is 0. The van der Waals surface area contributed by atoms with E-state index >= 15 is 0 Å². The van der Waals surface area contributed by atoms with E-state index in [1.165, 1.54) is 16.7 Å². The van der Waals surface area contributed by atoms with Gasteiger partial charge in [-0.2, -0.15) is 0 Å². The molecule has 0 amide bonds. The number of nitrogens with zero attached hydrogens (tertiary/aromatic N) is 1. The van der Waals surface area contributed by atoms with E-state index in [4.69, 9.17) is 0 Å². The molecule has 0 bridgehead atoms. The Morgan fingerprint density at radius 1 is 1.40 bits per heavy atom. The van der Waals surface area contributed by atoms with Crippen molar-refractivity contribution < 1.29 is 4.79 Å². The van der Waals surface area contributed by atoms with Crippen LogP contribution in [0.5, 0.6) is 0 Å². The predicted molar refractivity (Wildman–Crippen MR) is 82.7 cm³/mol. The van der Waals surface area contributed by atoms with E-state index in [-0.39, 0.29) is 5.78 Å². The standard InChI is InChI=1S/C18H21NO/c1-3-6-14(20)11-19-10-9-16-13(2)15-7-4-5-8-17(15)18(16)12-19/h3-8,18H,9-12H2,1-2H3/b6-3+. The van der Waals surface area contributed by atoms with Gasteiger partial charge < -0.3 is 0 Å². The van der Waals surface area contributed by atoms with Crippen LogP contribution in [0, 0.1) is 0 Å². The fourth-order valence-corrected chi connectivity index (χ4v) is 3.57. The molecule has 1 aliphatic carbocycles. The highest BCUT2D eigenvalue weighted by Gasteiger charge is 2.33. The lowest BCUT2D eigenvalue weighted by atomic mass is 9.89. The van der Waals surface area contributed by atoms with Gasteiger partial charge in [-0.3, -0.25) is 9.69 Å². The molecular weight excluding hydrogens is 246 g/mol. The molecule has 0 radical (unpaired) electrons. The minimum absolute atomic E-state index is 0.211. The van der Waals surface area contributed by atoms with Crippen molar-refractivity contribution in [3.63, 3.8) is 0 Å². The van der Waals surface area contributed by atoms with Crippen LogP contribution in [0.3, 0.4) is 0 Å². The monoisotopic (exact) mass is 267 g/mol. The minimum Gasteiger partial charge on any atom is -0.295 e. The van der Waals surface area contributed by atoms with Gasteiger partial charge in [0.1, 0.15) is 0 Å². The summed E-state index contributed by atoms with van der Waals surface area (Å²) in [7, 11) is 0. The van der Waals surface area contributed by atoms with Gasteiger partial charge in [-0.25, -0.2) is 0 Å². The van der Waals surface area contributed by atoms with Crippen LogP contribution in [-0.2, 0) is 4.79 Å². The molecule has 20 heavy (non-hydrogen) atoms. The van der Waals surface area contributed by atoms with E-state index in [2.05, 4.69) is 36.1 Å². The average Bonchev–Trinajstić information content (AvgIpc) is 2.73. The maximum absolute atomic E-state index is 11.8. The first-order valence-electron chi connectivity index (χ1n) is 7.37. The fraction of sp³-hybridized carbons (Fsp3) is 0.389. The van der Waals surface area contributed by atoms with Crippen molar-refractivity contribution in [2.24, 2.45) is 0 Å². The molecule has 1 heterocycles. The summed E-state index contributed by atoms with van der Waals surface area (Å²) in [6.45, 7) is 6.67. The van der Waals surface area contributed by atoms with Crippen LogP contribution >= 0.6 is 0 Å². The van der Waals surface area contributed by atoms with E-state index < -0.39 is 0 Å². The number of carbonyl (C=O) groups excluding carboxylic acids is 1. The molecule has 1 fully saturated rings. The Bertz CT molecular complexity index is 597. The summed E-state index contributed by atoms with van der Waals surface area (Å²) in [6.07, 6.45) is 4.60. The van der Waals surface area contributed by atoms with Crippen molar-refractivity contribution in [3.05, 3.63) is 53.1 Å². The van der Waals surface area contributed by atoms with Crippen LogP contribution in [0.2, 0.25) is 0 Å². The van der Waals surface area contributed by atoms with Gasteiger partial charge >= 0.3 is 0 Å². The lowest BCUT2D eigenvalue weighted by Gasteiger charge is -2.32. The molecule has 0 N–H and O–H groups in total. The smallest absolute Gasteiger partial charge is 0.169 e. The first-order chi connectivity index (χ1) is 9.70. The van der Waals surface area contributed by atoms with Gasteiger partial charge in [0.25, 0.3) is 0 Å². The molecule has 104 valence electrons. The maximum atomic E-state index is 11.8. The highest BCUT2D eigenvalue weighted by Crippen LogP contribution is 2.45. The molecule has 1 aliphatic heterocycles. The molecule has 1 atom stereocenters. The first-order valence-corrected chi connectivity index (χ1v) is 7.37. The molecule has 3 rings (SSSR count). The zero-order valence-corrected chi connectivity index (χ0v) is 12.2. The minimum atomic E-state index is 0.211. The quantitative estimate of drug-likeness (QED) is 0.782. The van der Waals surface area contributed by atoms with Crippen molar-refractivity contribution in [2.75, 3.05) is 19.6 Å². The Labute approximate surface area is 120 Å². The topological polar surface area (TPSA) is 20.3 Å². The summed E-state index contributed by atoms with van der Waals surface area (Å²) >= 11 is 0. The number of hydrogen-bond donors (Lipinski definition) is 0. The van der Waals surface area contributed by atoms with Crippen LogP contribution in [0.4, 0.5) is 0 Å². The molecule has 1 aromatic rings. The second kappa shape index (κ2) is 5.37. The Morgan fingerprint density at radius 3 is 3.00 bits per heavy atom. The number of carbonyl (C=O) groups is 1. The van der Waals surface area contributed by atoms with E-state index in [0.29, 0.717) is 12.5 Å². The number of piperidine rings is 1. The molecule has 0 spiro atoms. The number of hydrogen-bond acceptors (Lipinski definition) is 2. The van der Waals surface area contributed by atoms with Crippen molar-refractivity contribution in [1.29, 1.82) is 0 Å². The van der Waals surface area contributed by atoms with Gasteiger partial charge in [0.15, 0.2) is 5.78 Å². The molecule has 0 aromatic heterocycles. The summed E-state index contributed by atoms with van der Waals surface area (Å²) in [5.41, 5.74) is 5.91. The summed E-state index contributed by atoms with van der Waals surface area (Å²) in [6, 6.07) is 8.71. The SMILES string of the molecule is C/C=C/C(=O)CN1CCC2=C(C)c3ccccc3C2C1. The van der Waals surface area contributed by atoms with Crippen LogP contribution in [-0.4, -0.2) is 30.3 Å². The normalized spacial score (nSPS) is 22.2. The lowest BCUT2D eigenvalue weighted by Crippen LogP contribution is -2.38. The third kappa shape index (κ3) is 2.25. The molecule has 0 saturated carbocycles. The predicted octanol–water partition coefficient (Wildman–Crippen LogP) is 3.41. The number of benzene rings is 1. The van der Waals surface area contributed by atoms with Gasteiger partial charge in [-0.05, 0) is 43.0 Å². The number of rotatable bonds is 3. The zero-order chi connectivity index (χ0) is 14.1. The van der Waals surface area contributed by atoms with Gasteiger partial charge in [-0.15, -0.1) is 0 Å². The maximum Gasteiger partial charge on any atom is 0.169 e. The van der Waals surface area contributed by atoms with E-state index in [1.807, 2.05) is 13.0 Å². The second-order valence-electron chi connectivity index (χ2n) is 5.74. The fourth-order valence-electron chi connectivity index (χ4n) is 3.57. The highest BCUT2D eigenvalue weighted by molar-refractivity contribution is 5.91. The van der Waals surface area contributed by atoms with Gasteiger partial charge in [0, 0.05) is 19.0 Å². The molecule has 1 unspecified atom stereocenters. The summed E-state index contributed by atoms with van der Waals surface area (Å²) in [4.78, 5) is 14.1. The molecule has 2 aliphatic rings. The molecule has 2 heteroatoms. The van der Waals surface area contributed by atoms with Crippen molar-refractivity contribution in [3.8, 4) is 0 Å². The molecular formula is C18H21NO. The second-order valence-corrected chi connectivity index (χ2v) is 5.74. The van der Waals surface area contributed by atoms with E-state index in [0.717, 1.165) is 19.5 Å². The Hall–Kier alpha value is -1.67. The summed E-state index contributed by atoms with van der Waals surface area (Å²) in [5.74, 6) is 0.710. The van der Waals surface area contributed by atoms with Gasteiger partial charge in [-0.1, -0.05) is 35.9 Å². The van der Waals surface area contributed by atoms with Gasteiger partial charge in [0.05, 0.1) is 6.54 Å². The van der Waals surface area contributed by atoms with Crippen molar-refractivity contribution in [2.45, 2.75) is 26.2 Å². The summed E-state index contributed by atoms with van der Waals surface area (Å²) in [5, 5.41) is 0. The number of fused-ring (bicyclic) bond motifs is 3. The lowest BCUT2D eigenvalue weighted by molar-refractivity contribution is -0.115. The Balaban J connectivity index is 1.80.